The molecule has 4 nitrogen and oxygen atoms in total. The number of para-hydroxylation sites is 3. The second-order valence-corrected chi connectivity index (χ2v) is 7.55. The van der Waals surface area contributed by atoms with Crippen molar-refractivity contribution in [1.29, 1.82) is 0 Å². The summed E-state index contributed by atoms with van der Waals surface area (Å²) in [6.07, 6.45) is 0. The minimum absolute atomic E-state index is 0.182. The van der Waals surface area contributed by atoms with Gasteiger partial charge in [0.25, 0.3) is 0 Å². The van der Waals surface area contributed by atoms with E-state index in [1.165, 1.54) is 16.7 Å². The number of aromatic hydroxyl groups is 1. The Kier molecular flexibility index (Phi) is 4.06. The first-order chi connectivity index (χ1) is 14.1. The van der Waals surface area contributed by atoms with E-state index < -0.39 is 0 Å². The smallest absolute Gasteiger partial charge is 0.160 e. The van der Waals surface area contributed by atoms with E-state index in [2.05, 4.69) is 42.7 Å². The first kappa shape index (κ1) is 17.4. The number of hydrogen-bond acceptors (Lipinski definition) is 3. The molecule has 1 N–H and O–H groups in total. The highest BCUT2D eigenvalue weighted by molar-refractivity contribution is 5.87. The largest absolute Gasteiger partial charge is 0.506 e. The quantitative estimate of drug-likeness (QED) is 0.442. The number of rotatable bonds is 3. The molecule has 2 heterocycles. The molecule has 2 aromatic heterocycles. The molecule has 0 aliphatic rings. The lowest BCUT2D eigenvalue weighted by atomic mass is 10.1. The molecule has 0 unspecified atom stereocenters. The maximum absolute atomic E-state index is 10.3. The van der Waals surface area contributed by atoms with E-state index in [4.69, 9.17) is 9.97 Å². The molecule has 0 saturated heterocycles. The van der Waals surface area contributed by atoms with Gasteiger partial charge in [0.1, 0.15) is 17.0 Å². The van der Waals surface area contributed by atoms with E-state index in [0.29, 0.717) is 12.1 Å². The number of phenolic OH excluding ortho intramolecular Hbond substituents is 1. The summed E-state index contributed by atoms with van der Waals surface area (Å²) in [6, 6.07) is 24.2. The fourth-order valence-corrected chi connectivity index (χ4v) is 4.03. The Morgan fingerprint density at radius 3 is 2.45 bits per heavy atom. The van der Waals surface area contributed by atoms with Crippen molar-refractivity contribution in [2.45, 2.75) is 20.4 Å². The van der Waals surface area contributed by atoms with Gasteiger partial charge in [0.05, 0.1) is 11.0 Å². The minimum atomic E-state index is 0.182. The monoisotopic (exact) mass is 379 g/mol. The molecular weight excluding hydrogens is 358 g/mol. The van der Waals surface area contributed by atoms with Gasteiger partial charge in [0.2, 0.25) is 0 Å². The van der Waals surface area contributed by atoms with Crippen LogP contribution >= 0.6 is 0 Å². The molecule has 0 radical (unpaired) electrons. The molecule has 0 bridgehead atoms. The average Bonchev–Trinajstić information content (AvgIpc) is 3.06. The highest BCUT2D eigenvalue weighted by Crippen LogP contribution is 2.29. The molecule has 0 atom stereocenters. The van der Waals surface area contributed by atoms with Crippen LogP contribution < -0.4 is 0 Å². The van der Waals surface area contributed by atoms with E-state index in [-0.39, 0.29) is 5.75 Å². The normalized spacial score (nSPS) is 11.4. The maximum atomic E-state index is 10.3. The van der Waals surface area contributed by atoms with Crippen molar-refractivity contribution < 1.29 is 5.11 Å². The molecule has 0 amide bonds. The molecular formula is C25H21N3O. The fourth-order valence-electron chi connectivity index (χ4n) is 4.03. The van der Waals surface area contributed by atoms with Crippen molar-refractivity contribution in [3.63, 3.8) is 0 Å². The third-order valence-electron chi connectivity index (χ3n) is 5.20. The summed E-state index contributed by atoms with van der Waals surface area (Å²) in [5, 5.41) is 11.2. The molecule has 5 rings (SSSR count). The van der Waals surface area contributed by atoms with Crippen LogP contribution in [-0.4, -0.2) is 19.6 Å². The lowest BCUT2D eigenvalue weighted by Gasteiger charge is -2.11. The Bertz CT molecular complexity index is 1350. The van der Waals surface area contributed by atoms with Crippen LogP contribution in [0.1, 0.15) is 16.7 Å². The lowest BCUT2D eigenvalue weighted by molar-refractivity contribution is 0.480. The summed E-state index contributed by atoms with van der Waals surface area (Å²) in [7, 11) is 0. The molecule has 0 spiro atoms. The van der Waals surface area contributed by atoms with Crippen LogP contribution in [0.15, 0.2) is 72.8 Å². The van der Waals surface area contributed by atoms with Crippen molar-refractivity contribution in [2.75, 3.05) is 0 Å². The molecule has 29 heavy (non-hydrogen) atoms. The van der Waals surface area contributed by atoms with Gasteiger partial charge >= 0.3 is 0 Å². The van der Waals surface area contributed by atoms with Crippen molar-refractivity contribution in [3.8, 4) is 17.3 Å². The van der Waals surface area contributed by atoms with E-state index >= 15 is 0 Å². The number of benzene rings is 3. The van der Waals surface area contributed by atoms with Gasteiger partial charge in [-0.15, -0.1) is 0 Å². The van der Waals surface area contributed by atoms with Crippen LogP contribution in [0.2, 0.25) is 0 Å². The van der Waals surface area contributed by atoms with Crippen LogP contribution in [0.3, 0.4) is 0 Å². The van der Waals surface area contributed by atoms with Crippen LogP contribution in [0.25, 0.3) is 33.5 Å². The fraction of sp³-hybridized carbons (Fsp3) is 0.120. The minimum Gasteiger partial charge on any atom is -0.506 e. The third kappa shape index (κ3) is 3.13. The van der Waals surface area contributed by atoms with E-state index in [0.717, 1.165) is 27.9 Å². The summed E-state index contributed by atoms with van der Waals surface area (Å²) in [5.74, 6) is 0.983. The number of aromatic nitrogens is 3. The van der Waals surface area contributed by atoms with E-state index in [1.807, 2.05) is 42.5 Å². The molecule has 3 aromatic carbocycles. The number of hydrogen-bond donors (Lipinski definition) is 1. The van der Waals surface area contributed by atoms with Gasteiger partial charge in [0.15, 0.2) is 5.82 Å². The third-order valence-corrected chi connectivity index (χ3v) is 5.20. The second kappa shape index (κ2) is 6.74. The zero-order valence-electron chi connectivity index (χ0n) is 16.4. The molecule has 0 aliphatic carbocycles. The van der Waals surface area contributed by atoms with Gasteiger partial charge < -0.3 is 9.67 Å². The highest BCUT2D eigenvalue weighted by atomic mass is 16.3. The van der Waals surface area contributed by atoms with Gasteiger partial charge in [0, 0.05) is 11.9 Å². The number of nitrogens with zero attached hydrogens (tertiary/aromatic N) is 3. The standard InChI is InChI=1S/C25H21N3O/c1-16-12-17(2)14-18(13-16)15-28-22-8-4-3-7-20(22)27-25(28)21-11-10-19-6-5-9-23(29)24(19)26-21/h3-14,29H,15H2,1-2H3. The van der Waals surface area contributed by atoms with Gasteiger partial charge in [-0.3, -0.25) is 0 Å². The van der Waals surface area contributed by atoms with Crippen molar-refractivity contribution in [2.24, 2.45) is 0 Å². The number of phenols is 1. The van der Waals surface area contributed by atoms with Gasteiger partial charge in [-0.05, 0) is 43.7 Å². The Morgan fingerprint density at radius 1 is 0.828 bits per heavy atom. The average molecular weight is 379 g/mol. The van der Waals surface area contributed by atoms with Crippen LogP contribution in [0.4, 0.5) is 0 Å². The molecule has 0 aliphatic heterocycles. The molecule has 142 valence electrons. The predicted octanol–water partition coefficient (Wildman–Crippen LogP) is 5.62. The molecule has 0 saturated carbocycles. The van der Waals surface area contributed by atoms with Crippen LogP contribution in [0.5, 0.6) is 5.75 Å². The number of pyridine rings is 1. The van der Waals surface area contributed by atoms with Crippen molar-refractivity contribution in [3.05, 3.63) is 89.5 Å². The van der Waals surface area contributed by atoms with Gasteiger partial charge in [-0.25, -0.2) is 9.97 Å². The molecule has 5 aromatic rings. The van der Waals surface area contributed by atoms with Gasteiger partial charge in [-0.2, -0.15) is 0 Å². The van der Waals surface area contributed by atoms with Gasteiger partial charge in [-0.1, -0.05) is 59.7 Å². The zero-order chi connectivity index (χ0) is 20.0. The van der Waals surface area contributed by atoms with Crippen LogP contribution in [-0.2, 0) is 6.54 Å². The SMILES string of the molecule is Cc1cc(C)cc(Cn2c(-c3ccc4cccc(O)c4n3)nc3ccccc32)c1. The first-order valence-electron chi connectivity index (χ1n) is 9.70. The highest BCUT2D eigenvalue weighted by Gasteiger charge is 2.15. The number of imidazole rings is 1. The number of aryl methyl sites for hydroxylation is 2. The van der Waals surface area contributed by atoms with Crippen molar-refractivity contribution >= 4 is 21.9 Å². The predicted molar refractivity (Wildman–Crippen MR) is 117 cm³/mol. The second-order valence-electron chi connectivity index (χ2n) is 7.55. The topological polar surface area (TPSA) is 50.9 Å². The molecule has 0 fully saturated rings. The van der Waals surface area contributed by atoms with Crippen molar-refractivity contribution in [1.82, 2.24) is 14.5 Å². The van der Waals surface area contributed by atoms with E-state index in [9.17, 15) is 5.11 Å². The first-order valence-corrected chi connectivity index (χ1v) is 9.70. The summed E-state index contributed by atoms with van der Waals surface area (Å²) in [4.78, 5) is 9.62. The Balaban J connectivity index is 1.72. The summed E-state index contributed by atoms with van der Waals surface area (Å²) in [5.41, 5.74) is 7.08. The summed E-state index contributed by atoms with van der Waals surface area (Å²) in [6.45, 7) is 4.95. The van der Waals surface area contributed by atoms with Crippen LogP contribution in [0, 0.1) is 13.8 Å². The Morgan fingerprint density at radius 2 is 1.62 bits per heavy atom. The Labute approximate surface area is 169 Å². The lowest BCUT2D eigenvalue weighted by Crippen LogP contribution is -2.04. The maximum Gasteiger partial charge on any atom is 0.160 e. The summed E-state index contributed by atoms with van der Waals surface area (Å²) < 4.78 is 2.21. The Hall–Kier alpha value is -3.66. The zero-order valence-corrected chi connectivity index (χ0v) is 16.4. The van der Waals surface area contributed by atoms with E-state index in [1.54, 1.807) is 6.07 Å². The number of fused-ring (bicyclic) bond motifs is 2. The summed E-state index contributed by atoms with van der Waals surface area (Å²) >= 11 is 0. The molecule has 4 heteroatoms.